The van der Waals surface area contributed by atoms with Gasteiger partial charge in [0.2, 0.25) is 0 Å². The number of rotatable bonds is 1. The molecule has 0 atom stereocenters. The van der Waals surface area contributed by atoms with Gasteiger partial charge in [-0.1, -0.05) is 23.8 Å². The van der Waals surface area contributed by atoms with Gasteiger partial charge in [-0.05, 0) is 25.8 Å². The fourth-order valence-corrected chi connectivity index (χ4v) is 2.59. The number of hydrogen-bond acceptors (Lipinski definition) is 2. The van der Waals surface area contributed by atoms with Crippen LogP contribution in [-0.2, 0) is 13.0 Å². The number of aromatic nitrogens is 2. The summed E-state index contributed by atoms with van der Waals surface area (Å²) in [4.78, 5) is 4.67. The Morgan fingerprint density at radius 3 is 3.00 bits per heavy atom. The lowest BCUT2D eigenvalue weighted by Gasteiger charge is -2.13. The van der Waals surface area contributed by atoms with E-state index in [0.717, 1.165) is 42.2 Å². The Balaban J connectivity index is 2.18. The molecule has 18 heavy (non-hydrogen) atoms. The number of nitrogens with zero attached hydrogens (tertiary/aromatic N) is 3. The third kappa shape index (κ3) is 1.70. The Bertz CT molecular complexity index is 632. The van der Waals surface area contributed by atoms with Crippen molar-refractivity contribution < 1.29 is 0 Å². The first kappa shape index (κ1) is 11.0. The fourth-order valence-electron chi connectivity index (χ4n) is 2.59. The van der Waals surface area contributed by atoms with Gasteiger partial charge in [-0.2, -0.15) is 5.26 Å². The Kier molecular flexibility index (Phi) is 2.64. The van der Waals surface area contributed by atoms with Crippen LogP contribution in [0.15, 0.2) is 24.3 Å². The second-order valence-electron chi connectivity index (χ2n) is 4.82. The summed E-state index contributed by atoms with van der Waals surface area (Å²) in [6.07, 6.45) is 3.31. The minimum absolute atomic E-state index is 0.718. The monoisotopic (exact) mass is 237 g/mol. The van der Waals surface area contributed by atoms with Gasteiger partial charge in [-0.3, -0.25) is 0 Å². The predicted molar refractivity (Wildman–Crippen MR) is 70.1 cm³/mol. The van der Waals surface area contributed by atoms with Crippen LogP contribution in [-0.4, -0.2) is 9.55 Å². The van der Waals surface area contributed by atoms with Crippen LogP contribution in [0.2, 0.25) is 0 Å². The topological polar surface area (TPSA) is 41.6 Å². The number of aryl methyl sites for hydroxylation is 2. The van der Waals surface area contributed by atoms with Crippen LogP contribution in [0.25, 0.3) is 11.3 Å². The Hall–Kier alpha value is -2.08. The number of hydrogen-bond donors (Lipinski definition) is 0. The largest absolute Gasteiger partial charge is 0.319 e. The van der Waals surface area contributed by atoms with Crippen molar-refractivity contribution in [3.05, 3.63) is 41.3 Å². The minimum atomic E-state index is 0.718. The first-order chi connectivity index (χ1) is 8.79. The highest BCUT2D eigenvalue weighted by Crippen LogP contribution is 2.27. The molecule has 1 aliphatic rings. The number of benzene rings is 1. The molecular formula is C15H15N3. The molecule has 0 spiro atoms. The lowest BCUT2D eigenvalue weighted by Crippen LogP contribution is -2.11. The Morgan fingerprint density at radius 2 is 2.22 bits per heavy atom. The van der Waals surface area contributed by atoms with Crippen molar-refractivity contribution in [2.45, 2.75) is 32.7 Å². The van der Waals surface area contributed by atoms with Crippen molar-refractivity contribution in [2.24, 2.45) is 0 Å². The molecule has 0 N–H and O–H groups in total. The molecule has 0 bridgehead atoms. The number of imidazole rings is 1. The first-order valence-corrected chi connectivity index (χ1v) is 6.36. The van der Waals surface area contributed by atoms with Crippen molar-refractivity contribution in [3.8, 4) is 17.3 Å². The van der Waals surface area contributed by atoms with Crippen LogP contribution in [0.4, 0.5) is 0 Å². The molecule has 1 aromatic heterocycles. The fraction of sp³-hybridized carbons (Fsp3) is 0.333. The van der Waals surface area contributed by atoms with E-state index >= 15 is 0 Å². The quantitative estimate of drug-likeness (QED) is 0.764. The summed E-state index contributed by atoms with van der Waals surface area (Å²) in [6.45, 7) is 2.99. The van der Waals surface area contributed by atoms with Crippen LogP contribution in [0.3, 0.4) is 0 Å². The molecule has 3 nitrogen and oxygen atoms in total. The molecule has 0 amide bonds. The standard InChI is InChI=1S/C15H15N3/c1-11-5-4-6-12(9-11)15-13(10-16)18-8-3-2-7-14(18)17-15/h4-6,9H,2-3,7-8H2,1H3. The summed E-state index contributed by atoms with van der Waals surface area (Å²) in [6, 6.07) is 10.5. The van der Waals surface area contributed by atoms with Crippen molar-refractivity contribution in [1.29, 1.82) is 5.26 Å². The predicted octanol–water partition coefficient (Wildman–Crippen LogP) is 3.07. The van der Waals surface area contributed by atoms with E-state index in [1.165, 1.54) is 12.0 Å². The molecular weight excluding hydrogens is 222 g/mol. The van der Waals surface area contributed by atoms with Crippen molar-refractivity contribution in [1.82, 2.24) is 9.55 Å². The summed E-state index contributed by atoms with van der Waals surface area (Å²) in [5, 5.41) is 9.38. The van der Waals surface area contributed by atoms with E-state index in [0.29, 0.717) is 0 Å². The highest BCUT2D eigenvalue weighted by atomic mass is 15.1. The zero-order valence-electron chi connectivity index (χ0n) is 10.5. The summed E-state index contributed by atoms with van der Waals surface area (Å²) >= 11 is 0. The smallest absolute Gasteiger partial charge is 0.148 e. The van der Waals surface area contributed by atoms with Gasteiger partial charge < -0.3 is 4.57 Å². The maximum atomic E-state index is 9.38. The number of fused-ring (bicyclic) bond motifs is 1. The van der Waals surface area contributed by atoms with E-state index in [1.807, 2.05) is 12.1 Å². The highest BCUT2D eigenvalue weighted by molar-refractivity contribution is 5.66. The van der Waals surface area contributed by atoms with Gasteiger partial charge in [0.15, 0.2) is 0 Å². The third-order valence-corrected chi connectivity index (χ3v) is 3.48. The van der Waals surface area contributed by atoms with Gasteiger partial charge in [0.05, 0.1) is 0 Å². The van der Waals surface area contributed by atoms with Crippen LogP contribution in [0.5, 0.6) is 0 Å². The van der Waals surface area contributed by atoms with E-state index in [4.69, 9.17) is 0 Å². The highest BCUT2D eigenvalue weighted by Gasteiger charge is 2.20. The van der Waals surface area contributed by atoms with Gasteiger partial charge in [-0.25, -0.2) is 4.98 Å². The van der Waals surface area contributed by atoms with Crippen LogP contribution in [0, 0.1) is 18.3 Å². The van der Waals surface area contributed by atoms with Gasteiger partial charge in [-0.15, -0.1) is 0 Å². The second-order valence-corrected chi connectivity index (χ2v) is 4.82. The molecule has 0 saturated carbocycles. The molecule has 3 rings (SSSR count). The minimum Gasteiger partial charge on any atom is -0.319 e. The maximum absolute atomic E-state index is 9.38. The Labute approximate surface area is 107 Å². The SMILES string of the molecule is Cc1cccc(-c2nc3n(c2C#N)CCCC3)c1. The normalized spacial score (nSPS) is 14.0. The lowest BCUT2D eigenvalue weighted by molar-refractivity contribution is 0.519. The van der Waals surface area contributed by atoms with Gasteiger partial charge in [0.25, 0.3) is 0 Å². The van der Waals surface area contributed by atoms with Gasteiger partial charge in [0.1, 0.15) is 23.3 Å². The van der Waals surface area contributed by atoms with E-state index in [2.05, 4.69) is 34.7 Å². The molecule has 3 heteroatoms. The van der Waals surface area contributed by atoms with Crippen molar-refractivity contribution in [3.63, 3.8) is 0 Å². The van der Waals surface area contributed by atoms with Gasteiger partial charge in [0, 0.05) is 18.5 Å². The van der Waals surface area contributed by atoms with Crippen molar-refractivity contribution >= 4 is 0 Å². The molecule has 0 radical (unpaired) electrons. The molecule has 0 unspecified atom stereocenters. The molecule has 1 aromatic carbocycles. The summed E-state index contributed by atoms with van der Waals surface area (Å²) in [7, 11) is 0. The molecule has 2 aromatic rings. The zero-order valence-corrected chi connectivity index (χ0v) is 10.5. The van der Waals surface area contributed by atoms with Crippen molar-refractivity contribution in [2.75, 3.05) is 0 Å². The maximum Gasteiger partial charge on any atom is 0.148 e. The summed E-state index contributed by atoms with van der Waals surface area (Å²) < 4.78 is 2.08. The van der Waals surface area contributed by atoms with Crippen LogP contribution >= 0.6 is 0 Å². The molecule has 90 valence electrons. The van der Waals surface area contributed by atoms with Crippen LogP contribution in [0.1, 0.15) is 29.9 Å². The summed E-state index contributed by atoms with van der Waals surface area (Å²) in [5.41, 5.74) is 3.81. The molecule has 2 heterocycles. The molecule has 0 saturated heterocycles. The average molecular weight is 237 g/mol. The van der Waals surface area contributed by atoms with E-state index in [9.17, 15) is 5.26 Å². The van der Waals surface area contributed by atoms with Gasteiger partial charge >= 0.3 is 0 Å². The lowest BCUT2D eigenvalue weighted by atomic mass is 10.1. The summed E-state index contributed by atoms with van der Waals surface area (Å²) in [5.74, 6) is 1.06. The third-order valence-electron chi connectivity index (χ3n) is 3.48. The molecule has 0 fully saturated rings. The molecule has 0 aliphatic carbocycles. The van der Waals surface area contributed by atoms with E-state index in [1.54, 1.807) is 0 Å². The zero-order chi connectivity index (χ0) is 12.5. The number of nitriles is 1. The van der Waals surface area contributed by atoms with E-state index < -0.39 is 0 Å². The molecule has 1 aliphatic heterocycles. The first-order valence-electron chi connectivity index (χ1n) is 6.36. The average Bonchev–Trinajstić information content (AvgIpc) is 2.77. The van der Waals surface area contributed by atoms with E-state index in [-0.39, 0.29) is 0 Å². The second kappa shape index (κ2) is 4.30. The van der Waals surface area contributed by atoms with Crippen LogP contribution < -0.4 is 0 Å². The Morgan fingerprint density at radius 1 is 1.33 bits per heavy atom.